The molecule has 37 heavy (non-hydrogen) atoms. The number of halogens is 4. The molecule has 0 saturated heterocycles. The summed E-state index contributed by atoms with van der Waals surface area (Å²) in [5.74, 6) is -2.74. The van der Waals surface area contributed by atoms with Gasteiger partial charge in [-0.25, -0.2) is 41.8 Å². The van der Waals surface area contributed by atoms with Crippen LogP contribution in [0, 0.1) is 35.4 Å². The second-order valence-electron chi connectivity index (χ2n) is 7.12. The second kappa shape index (κ2) is 16.1. The molecular weight excluding hydrogens is 556 g/mol. The van der Waals surface area contributed by atoms with E-state index in [2.05, 4.69) is 0 Å². The zero-order valence-corrected chi connectivity index (χ0v) is 22.1. The Morgan fingerprint density at radius 1 is 0.486 bits per heavy atom. The van der Waals surface area contributed by atoms with Crippen molar-refractivity contribution >= 4 is 0 Å². The maximum Gasteiger partial charge on any atom is 4.00 e. The molecule has 0 spiro atoms. The first-order valence-electron chi connectivity index (χ1n) is 10.9. The molecule has 0 atom stereocenters. The first-order chi connectivity index (χ1) is 17.5. The van der Waals surface area contributed by atoms with Gasteiger partial charge in [-0.1, -0.05) is 0 Å². The molecule has 6 rings (SSSR count). The molecule has 6 aromatic rings. The van der Waals surface area contributed by atoms with Gasteiger partial charge in [0.2, 0.25) is 0 Å². The summed E-state index contributed by atoms with van der Waals surface area (Å²) in [6.07, 6.45) is 6.74. The molecule has 0 radical (unpaired) electrons. The van der Waals surface area contributed by atoms with E-state index in [1.165, 1.54) is 24.3 Å². The van der Waals surface area contributed by atoms with Crippen LogP contribution in [0.1, 0.15) is 0 Å². The monoisotopic (exact) mass is 576 g/mol. The molecule has 0 saturated carbocycles. The molecule has 0 N–H and O–H groups in total. The largest absolute Gasteiger partial charge is 4.00 e. The Morgan fingerprint density at radius 3 is 1.05 bits per heavy atom. The summed E-state index contributed by atoms with van der Waals surface area (Å²) in [7, 11) is 0. The molecule has 2 heterocycles. The van der Waals surface area contributed by atoms with Gasteiger partial charge in [-0.15, -0.1) is 36.4 Å². The minimum Gasteiger partial charge on any atom is -0.375 e. The predicted octanol–water partition coefficient (Wildman–Crippen LogP) is 7.92. The number of nitrogens with zero attached hydrogens (tertiary/aromatic N) is 2. The number of rotatable bonds is 2. The molecular formula is C30H22F4N2Zr. The van der Waals surface area contributed by atoms with Gasteiger partial charge < -0.3 is 9.13 Å². The van der Waals surface area contributed by atoms with Gasteiger partial charge >= 0.3 is 26.2 Å². The van der Waals surface area contributed by atoms with Crippen molar-refractivity contribution in [2.45, 2.75) is 0 Å². The SMILES string of the molecule is Fc1[c-]c(F)c(-n2cccc2)cc1.Fc1[c-]c(F)c(-n2cccc2)cc1.[Zr+4].c1cc[cH-]c1.c1cc[cH-]c1. The Hall–Kier alpha value is -3.70. The van der Waals surface area contributed by atoms with E-state index in [4.69, 9.17) is 0 Å². The quantitative estimate of drug-likeness (QED) is 0.146. The average Bonchev–Trinajstić information content (AvgIpc) is 3.69. The van der Waals surface area contributed by atoms with E-state index >= 15 is 0 Å². The van der Waals surface area contributed by atoms with Gasteiger partial charge in [-0.2, -0.15) is 36.4 Å². The van der Waals surface area contributed by atoms with Crippen molar-refractivity contribution in [2.75, 3.05) is 0 Å². The Bertz CT molecular complexity index is 1220. The van der Waals surface area contributed by atoms with Gasteiger partial charge in [0.15, 0.2) is 0 Å². The van der Waals surface area contributed by atoms with Crippen molar-refractivity contribution in [3.8, 4) is 11.4 Å². The number of hydrogen-bond acceptors (Lipinski definition) is 0. The summed E-state index contributed by atoms with van der Waals surface area (Å²) in [6.45, 7) is 0. The fraction of sp³-hybridized carbons (Fsp3) is 0. The molecule has 0 bridgehead atoms. The van der Waals surface area contributed by atoms with Gasteiger partial charge in [-0.05, 0) is 60.4 Å². The molecule has 4 aromatic carbocycles. The number of benzene rings is 2. The van der Waals surface area contributed by atoms with Crippen LogP contribution in [-0.4, -0.2) is 9.13 Å². The van der Waals surface area contributed by atoms with Crippen LogP contribution in [0.3, 0.4) is 0 Å². The van der Waals surface area contributed by atoms with Crippen molar-refractivity contribution in [2.24, 2.45) is 0 Å². The smallest absolute Gasteiger partial charge is 0.375 e. The van der Waals surface area contributed by atoms with Gasteiger partial charge in [-0.3, -0.25) is 0 Å². The first-order valence-corrected chi connectivity index (χ1v) is 10.9. The summed E-state index contributed by atoms with van der Waals surface area (Å²) >= 11 is 0. The van der Waals surface area contributed by atoms with Crippen molar-refractivity contribution < 1.29 is 43.8 Å². The Morgan fingerprint density at radius 2 is 0.811 bits per heavy atom. The van der Waals surface area contributed by atoms with Crippen LogP contribution in [0.5, 0.6) is 0 Å². The molecule has 7 heteroatoms. The van der Waals surface area contributed by atoms with E-state index in [0.29, 0.717) is 11.4 Å². The van der Waals surface area contributed by atoms with E-state index in [1.54, 1.807) is 58.2 Å². The van der Waals surface area contributed by atoms with Crippen molar-refractivity contribution in [3.63, 3.8) is 0 Å². The van der Waals surface area contributed by atoms with Crippen molar-refractivity contribution in [3.05, 3.63) is 169 Å². The zero-order valence-electron chi connectivity index (χ0n) is 19.6. The molecule has 0 amide bonds. The van der Waals surface area contributed by atoms with Crippen LogP contribution >= 0.6 is 0 Å². The van der Waals surface area contributed by atoms with Crippen molar-refractivity contribution in [1.29, 1.82) is 0 Å². The second-order valence-corrected chi connectivity index (χ2v) is 7.12. The Labute approximate surface area is 232 Å². The molecule has 2 aromatic heterocycles. The first kappa shape index (κ1) is 29.5. The minimum atomic E-state index is -0.687. The fourth-order valence-electron chi connectivity index (χ4n) is 2.90. The van der Waals surface area contributed by atoms with E-state index in [9.17, 15) is 17.6 Å². The topological polar surface area (TPSA) is 9.86 Å². The molecule has 0 fully saturated rings. The van der Waals surface area contributed by atoms with E-state index in [0.717, 1.165) is 0 Å². The average molecular weight is 578 g/mol. The number of aromatic nitrogens is 2. The van der Waals surface area contributed by atoms with Crippen molar-refractivity contribution in [1.82, 2.24) is 9.13 Å². The predicted molar refractivity (Wildman–Crippen MR) is 133 cm³/mol. The number of hydrogen-bond donors (Lipinski definition) is 0. The summed E-state index contributed by atoms with van der Waals surface area (Å²) in [6, 6.07) is 36.1. The minimum absolute atomic E-state index is 0. The van der Waals surface area contributed by atoms with Crippen LogP contribution < -0.4 is 0 Å². The molecule has 0 aliphatic rings. The molecule has 2 nitrogen and oxygen atoms in total. The van der Waals surface area contributed by atoms with Crippen LogP contribution in [0.25, 0.3) is 11.4 Å². The van der Waals surface area contributed by atoms with Crippen LogP contribution in [0.2, 0.25) is 0 Å². The van der Waals surface area contributed by atoms with Crippen LogP contribution in [0.15, 0.2) is 134 Å². The molecule has 0 aliphatic carbocycles. The maximum absolute atomic E-state index is 13.1. The third-order valence-corrected chi connectivity index (χ3v) is 4.56. The Kier molecular flexibility index (Phi) is 12.9. The standard InChI is InChI=1S/2C10H6F2N.2C5H5.Zr/c2*11-8-3-4-10(9(12)7-8)13-5-1-2-6-13;2*1-2-4-5-3-1;/h2*1-6H;2*1-5H;/q4*-1;+4. The third kappa shape index (κ3) is 10.1. The van der Waals surface area contributed by atoms with Gasteiger partial charge in [0.25, 0.3) is 0 Å². The van der Waals surface area contributed by atoms with Crippen LogP contribution in [-0.2, 0) is 26.2 Å². The fourth-order valence-corrected chi connectivity index (χ4v) is 2.90. The molecule has 184 valence electrons. The zero-order chi connectivity index (χ0) is 25.6. The van der Waals surface area contributed by atoms with Gasteiger partial charge in [0.1, 0.15) is 0 Å². The Balaban J connectivity index is 0.000000187. The maximum atomic E-state index is 13.1. The van der Waals surface area contributed by atoms with E-state index < -0.39 is 23.3 Å². The molecule has 0 unspecified atom stereocenters. The van der Waals surface area contributed by atoms with Crippen LogP contribution in [0.4, 0.5) is 17.6 Å². The normalized spacial score (nSPS) is 9.41. The summed E-state index contributed by atoms with van der Waals surface area (Å²) < 4.78 is 54.3. The molecule has 0 aliphatic heterocycles. The summed E-state index contributed by atoms with van der Waals surface area (Å²) in [5, 5.41) is 0. The summed E-state index contributed by atoms with van der Waals surface area (Å²) in [4.78, 5) is 0. The van der Waals surface area contributed by atoms with E-state index in [-0.39, 0.29) is 26.2 Å². The van der Waals surface area contributed by atoms with Gasteiger partial charge in [0, 0.05) is 23.3 Å². The van der Waals surface area contributed by atoms with Gasteiger partial charge in [0.05, 0.1) is 0 Å². The third-order valence-electron chi connectivity index (χ3n) is 4.56. The summed E-state index contributed by atoms with van der Waals surface area (Å²) in [5.41, 5.74) is 0.595. The van der Waals surface area contributed by atoms with E-state index in [1.807, 2.05) is 72.8 Å².